The summed E-state index contributed by atoms with van der Waals surface area (Å²) in [4.78, 5) is 28.7. The molecule has 7 nitrogen and oxygen atoms in total. The third-order valence-corrected chi connectivity index (χ3v) is 4.90. The number of methoxy groups -OCH3 is 1. The lowest BCUT2D eigenvalue weighted by atomic mass is 9.86. The molecular weight excluding hydrogens is 384 g/mol. The van der Waals surface area contributed by atoms with Crippen LogP contribution in [0.1, 0.15) is 37.4 Å². The highest BCUT2D eigenvalue weighted by Crippen LogP contribution is 2.35. The second kappa shape index (κ2) is 9.91. The topological polar surface area (TPSA) is 86.2 Å². The Bertz CT molecular complexity index is 926. The molecule has 2 aromatic carbocycles. The van der Waals surface area contributed by atoms with Gasteiger partial charge in [0.15, 0.2) is 11.5 Å². The maximum atomic E-state index is 12.6. The molecule has 0 radical (unpaired) electrons. The first kappa shape index (κ1) is 21.4. The fourth-order valence-corrected chi connectivity index (χ4v) is 3.45. The van der Waals surface area contributed by atoms with Crippen LogP contribution in [0.3, 0.4) is 0 Å². The van der Waals surface area contributed by atoms with Gasteiger partial charge in [0.05, 0.1) is 19.8 Å². The van der Waals surface area contributed by atoms with Crippen LogP contribution in [0.5, 0.6) is 11.5 Å². The standard InChI is InChI=1S/C23H26N2O5/c1-4-17-20(22(26)29-5-2)21(25-23(27)24-17)16-11-12-18(19(13-16)28-3)30-14-15-9-7-6-8-10-15/h6-13,20-21H,4-5,14H2,1-3H3,(H,25,27). The van der Waals surface area contributed by atoms with Gasteiger partial charge in [-0.05, 0) is 36.6 Å². The van der Waals surface area contributed by atoms with Gasteiger partial charge in [-0.3, -0.25) is 4.79 Å². The molecule has 0 saturated heterocycles. The summed E-state index contributed by atoms with van der Waals surface area (Å²) >= 11 is 0. The molecule has 2 atom stereocenters. The first-order valence-corrected chi connectivity index (χ1v) is 9.96. The maximum Gasteiger partial charge on any atom is 0.341 e. The highest BCUT2D eigenvalue weighted by atomic mass is 16.5. The number of nitrogens with zero attached hydrogens (tertiary/aromatic N) is 1. The van der Waals surface area contributed by atoms with E-state index in [1.807, 2.05) is 43.3 Å². The summed E-state index contributed by atoms with van der Waals surface area (Å²) in [6.07, 6.45) is 0.475. The van der Waals surface area contributed by atoms with Crippen molar-refractivity contribution in [3.8, 4) is 11.5 Å². The van der Waals surface area contributed by atoms with E-state index in [0.29, 0.717) is 35.8 Å². The minimum atomic E-state index is -0.687. The summed E-state index contributed by atoms with van der Waals surface area (Å²) in [5, 5.41) is 2.79. The van der Waals surface area contributed by atoms with Crippen LogP contribution in [0.4, 0.5) is 4.79 Å². The summed E-state index contributed by atoms with van der Waals surface area (Å²) in [6, 6.07) is 14.1. The number of benzene rings is 2. The number of amides is 2. The van der Waals surface area contributed by atoms with Crippen LogP contribution in [-0.4, -0.2) is 31.4 Å². The summed E-state index contributed by atoms with van der Waals surface area (Å²) < 4.78 is 16.7. The number of esters is 1. The van der Waals surface area contributed by atoms with Crippen molar-refractivity contribution >= 4 is 17.7 Å². The molecule has 0 bridgehead atoms. The molecule has 0 aromatic heterocycles. The zero-order valence-corrected chi connectivity index (χ0v) is 17.4. The maximum absolute atomic E-state index is 12.6. The van der Waals surface area contributed by atoms with E-state index < -0.39 is 24.0 Å². The summed E-state index contributed by atoms with van der Waals surface area (Å²) in [5.74, 6) is -0.00919. The second-order valence-corrected chi connectivity index (χ2v) is 6.80. The Hall–Kier alpha value is -3.35. The first-order valence-electron chi connectivity index (χ1n) is 9.96. The normalized spacial score (nSPS) is 18.2. The van der Waals surface area contributed by atoms with Gasteiger partial charge >= 0.3 is 12.0 Å². The molecule has 0 aliphatic carbocycles. The largest absolute Gasteiger partial charge is 0.493 e. The van der Waals surface area contributed by atoms with Gasteiger partial charge < -0.3 is 19.5 Å². The third kappa shape index (κ3) is 4.79. The van der Waals surface area contributed by atoms with Crippen molar-refractivity contribution in [2.45, 2.75) is 32.9 Å². The number of hydrogen-bond acceptors (Lipinski definition) is 5. The molecule has 2 amide bonds. The number of aliphatic imine (C=N–C) groups is 1. The van der Waals surface area contributed by atoms with E-state index in [2.05, 4.69) is 10.3 Å². The molecule has 2 unspecified atom stereocenters. The number of hydrogen-bond donors (Lipinski definition) is 1. The monoisotopic (exact) mass is 410 g/mol. The van der Waals surface area contributed by atoms with Gasteiger partial charge in [0.1, 0.15) is 12.5 Å². The third-order valence-electron chi connectivity index (χ3n) is 4.90. The average molecular weight is 410 g/mol. The van der Waals surface area contributed by atoms with Crippen LogP contribution in [0.15, 0.2) is 53.5 Å². The van der Waals surface area contributed by atoms with Gasteiger partial charge in [-0.2, -0.15) is 0 Å². The van der Waals surface area contributed by atoms with Gasteiger partial charge in [0.2, 0.25) is 0 Å². The van der Waals surface area contributed by atoms with E-state index in [4.69, 9.17) is 14.2 Å². The summed E-state index contributed by atoms with van der Waals surface area (Å²) in [7, 11) is 1.55. The number of ether oxygens (including phenoxy) is 3. The molecule has 0 spiro atoms. The highest BCUT2D eigenvalue weighted by molar-refractivity contribution is 6.09. The van der Waals surface area contributed by atoms with E-state index in [1.54, 1.807) is 26.2 Å². The lowest BCUT2D eigenvalue weighted by molar-refractivity contribution is -0.146. The molecule has 0 saturated carbocycles. The Kier molecular flexibility index (Phi) is 7.06. The van der Waals surface area contributed by atoms with Gasteiger partial charge in [-0.15, -0.1) is 0 Å². The van der Waals surface area contributed by atoms with Crippen molar-refractivity contribution in [3.63, 3.8) is 0 Å². The van der Waals surface area contributed by atoms with E-state index in [9.17, 15) is 9.59 Å². The Morgan fingerprint density at radius 1 is 1.10 bits per heavy atom. The minimum Gasteiger partial charge on any atom is -0.493 e. The molecule has 3 rings (SSSR count). The van der Waals surface area contributed by atoms with Crippen molar-refractivity contribution in [2.24, 2.45) is 10.9 Å². The van der Waals surface area contributed by atoms with Gasteiger partial charge in [0, 0.05) is 5.71 Å². The van der Waals surface area contributed by atoms with Gasteiger partial charge in [0.25, 0.3) is 0 Å². The molecule has 1 aliphatic rings. The molecule has 1 aliphatic heterocycles. The molecule has 0 fully saturated rings. The molecule has 158 valence electrons. The van der Waals surface area contributed by atoms with Crippen LogP contribution >= 0.6 is 0 Å². The molecule has 7 heteroatoms. The number of urea groups is 1. The molecule has 2 aromatic rings. The van der Waals surface area contributed by atoms with Crippen molar-refractivity contribution < 1.29 is 23.8 Å². The number of carbonyl (C=O) groups is 2. The van der Waals surface area contributed by atoms with Crippen molar-refractivity contribution in [2.75, 3.05) is 13.7 Å². The van der Waals surface area contributed by atoms with Crippen LogP contribution in [0.2, 0.25) is 0 Å². The SMILES string of the molecule is CCOC(=O)C1C(CC)=NC(=O)NC1c1ccc(OCc2ccccc2)c(OC)c1. The summed E-state index contributed by atoms with van der Waals surface area (Å²) in [6.45, 7) is 4.26. The average Bonchev–Trinajstić information content (AvgIpc) is 2.77. The second-order valence-electron chi connectivity index (χ2n) is 6.80. The van der Waals surface area contributed by atoms with Crippen LogP contribution < -0.4 is 14.8 Å². The van der Waals surface area contributed by atoms with E-state index in [-0.39, 0.29) is 6.61 Å². The van der Waals surface area contributed by atoms with E-state index in [1.165, 1.54) is 0 Å². The number of nitrogens with one attached hydrogen (secondary N) is 1. The van der Waals surface area contributed by atoms with E-state index >= 15 is 0 Å². The van der Waals surface area contributed by atoms with Crippen molar-refractivity contribution in [1.29, 1.82) is 0 Å². The highest BCUT2D eigenvalue weighted by Gasteiger charge is 2.39. The zero-order chi connectivity index (χ0) is 21.5. The van der Waals surface area contributed by atoms with Gasteiger partial charge in [-0.25, -0.2) is 9.79 Å². The Labute approximate surface area is 176 Å². The van der Waals surface area contributed by atoms with E-state index in [0.717, 1.165) is 5.56 Å². The predicted octanol–water partition coefficient (Wildman–Crippen LogP) is 4.07. The smallest absolute Gasteiger partial charge is 0.341 e. The van der Waals surface area contributed by atoms with Crippen LogP contribution in [-0.2, 0) is 16.1 Å². The lowest BCUT2D eigenvalue weighted by Gasteiger charge is -2.31. The molecule has 1 N–H and O–H groups in total. The molecule has 30 heavy (non-hydrogen) atoms. The Morgan fingerprint density at radius 2 is 1.87 bits per heavy atom. The Morgan fingerprint density at radius 3 is 2.53 bits per heavy atom. The van der Waals surface area contributed by atoms with Crippen LogP contribution in [0.25, 0.3) is 0 Å². The van der Waals surface area contributed by atoms with Crippen LogP contribution in [0, 0.1) is 5.92 Å². The minimum absolute atomic E-state index is 0.253. The number of rotatable bonds is 8. The Balaban J connectivity index is 1.88. The van der Waals surface area contributed by atoms with Gasteiger partial charge in [-0.1, -0.05) is 43.3 Å². The lowest BCUT2D eigenvalue weighted by Crippen LogP contribution is -2.45. The predicted molar refractivity (Wildman–Crippen MR) is 113 cm³/mol. The van der Waals surface area contributed by atoms with Crippen molar-refractivity contribution in [1.82, 2.24) is 5.32 Å². The first-order chi connectivity index (χ1) is 14.6. The molecular formula is C23H26N2O5. The summed E-state index contributed by atoms with van der Waals surface area (Å²) in [5.41, 5.74) is 2.26. The zero-order valence-electron chi connectivity index (χ0n) is 17.4. The van der Waals surface area contributed by atoms with Crippen molar-refractivity contribution in [3.05, 3.63) is 59.7 Å². The molecule has 1 heterocycles. The quantitative estimate of drug-likeness (QED) is 0.663. The fourth-order valence-electron chi connectivity index (χ4n) is 3.45. The fraction of sp³-hybridized carbons (Fsp3) is 0.348. The number of carbonyl (C=O) groups excluding carboxylic acids is 2.